The first-order valence-electron chi connectivity index (χ1n) is 6.68. The minimum absolute atomic E-state index is 0.223. The first kappa shape index (κ1) is 18.6. The molecule has 0 aromatic rings. The third kappa shape index (κ3) is 7.26. The van der Waals surface area contributed by atoms with Crippen molar-refractivity contribution in [2.75, 3.05) is 6.61 Å². The van der Waals surface area contributed by atoms with E-state index in [-0.39, 0.29) is 11.1 Å². The van der Waals surface area contributed by atoms with Gasteiger partial charge in [0.2, 0.25) is 0 Å². The summed E-state index contributed by atoms with van der Waals surface area (Å²) in [4.78, 5) is 0. The minimum atomic E-state index is -1.61. The summed E-state index contributed by atoms with van der Waals surface area (Å²) in [6, 6.07) is 0. The Bertz CT molecular complexity index is 269. The predicted molar refractivity (Wildman–Crippen MR) is 90.8 cm³/mol. The van der Waals surface area contributed by atoms with Gasteiger partial charge in [0.25, 0.3) is 0 Å². The lowest BCUT2D eigenvalue weighted by atomic mass is 10.1. The zero-order chi connectivity index (χ0) is 14.4. The van der Waals surface area contributed by atoms with Gasteiger partial charge in [-0.1, -0.05) is 48.9 Å². The summed E-state index contributed by atoms with van der Waals surface area (Å²) in [6.45, 7) is 14.1. The molecule has 0 rings (SSSR count). The summed E-state index contributed by atoms with van der Waals surface area (Å²) < 4.78 is 8.12. The Labute approximate surface area is 127 Å². The van der Waals surface area contributed by atoms with Crippen LogP contribution in [0.15, 0.2) is 9.66 Å². The SMILES string of the molecule is C/C(=C\I)CC(O)CCCO[Si](C)(C)C(C)(C)C. The molecule has 108 valence electrons. The maximum Gasteiger partial charge on any atom is 0.191 e. The molecular formula is C14H29IO2Si. The van der Waals surface area contributed by atoms with Crippen molar-refractivity contribution in [3.05, 3.63) is 9.66 Å². The van der Waals surface area contributed by atoms with Crippen LogP contribution in [-0.4, -0.2) is 26.1 Å². The second-order valence-corrected chi connectivity index (χ2v) is 12.0. The van der Waals surface area contributed by atoms with Crippen LogP contribution in [0.4, 0.5) is 0 Å². The largest absolute Gasteiger partial charge is 0.417 e. The molecule has 0 aliphatic heterocycles. The lowest BCUT2D eigenvalue weighted by Crippen LogP contribution is -2.41. The van der Waals surface area contributed by atoms with Gasteiger partial charge in [0.1, 0.15) is 0 Å². The lowest BCUT2D eigenvalue weighted by molar-refractivity contribution is 0.151. The van der Waals surface area contributed by atoms with Crippen molar-refractivity contribution in [3.8, 4) is 0 Å². The Morgan fingerprint density at radius 1 is 1.39 bits per heavy atom. The fourth-order valence-corrected chi connectivity index (χ4v) is 2.72. The maximum atomic E-state index is 9.85. The summed E-state index contributed by atoms with van der Waals surface area (Å²) in [5, 5.41) is 10.1. The Kier molecular flexibility index (Phi) is 8.29. The van der Waals surface area contributed by atoms with Gasteiger partial charge in [-0.25, -0.2) is 0 Å². The molecule has 0 aliphatic rings. The predicted octanol–water partition coefficient (Wildman–Crippen LogP) is 4.88. The molecule has 1 unspecified atom stereocenters. The van der Waals surface area contributed by atoms with E-state index in [0.29, 0.717) is 0 Å². The van der Waals surface area contributed by atoms with Crippen LogP contribution in [-0.2, 0) is 4.43 Å². The van der Waals surface area contributed by atoms with Gasteiger partial charge in [0.05, 0.1) is 6.10 Å². The van der Waals surface area contributed by atoms with Gasteiger partial charge in [0.15, 0.2) is 8.32 Å². The van der Waals surface area contributed by atoms with Crippen LogP contribution in [0.2, 0.25) is 18.1 Å². The van der Waals surface area contributed by atoms with Crippen LogP contribution in [0.3, 0.4) is 0 Å². The highest BCUT2D eigenvalue weighted by molar-refractivity contribution is 14.1. The normalized spacial score (nSPS) is 15.9. The second kappa shape index (κ2) is 8.02. The smallest absolute Gasteiger partial charge is 0.191 e. The first-order valence-corrected chi connectivity index (χ1v) is 10.8. The molecule has 0 aromatic heterocycles. The van der Waals surface area contributed by atoms with E-state index >= 15 is 0 Å². The zero-order valence-corrected chi connectivity index (χ0v) is 15.9. The Morgan fingerprint density at radius 3 is 2.39 bits per heavy atom. The molecule has 0 bridgehead atoms. The minimum Gasteiger partial charge on any atom is -0.417 e. The molecule has 0 saturated heterocycles. The van der Waals surface area contributed by atoms with Crippen LogP contribution in [0.1, 0.15) is 47.0 Å². The molecule has 2 nitrogen and oxygen atoms in total. The van der Waals surface area contributed by atoms with E-state index in [1.807, 2.05) is 4.08 Å². The summed E-state index contributed by atoms with van der Waals surface area (Å²) in [5.41, 5.74) is 1.24. The van der Waals surface area contributed by atoms with Gasteiger partial charge in [-0.3, -0.25) is 0 Å². The van der Waals surface area contributed by atoms with E-state index in [4.69, 9.17) is 4.43 Å². The standard InChI is InChI=1S/C14H29IO2Si/c1-12(11-15)10-13(16)8-7-9-17-18(5,6)14(2,3)4/h11,13,16H,7-10H2,1-6H3/b12-11+. The van der Waals surface area contributed by atoms with Crippen LogP contribution in [0, 0.1) is 0 Å². The van der Waals surface area contributed by atoms with E-state index in [1.54, 1.807) is 0 Å². The number of hydrogen-bond donors (Lipinski definition) is 1. The molecule has 1 atom stereocenters. The monoisotopic (exact) mass is 384 g/mol. The van der Waals surface area contributed by atoms with E-state index in [9.17, 15) is 5.11 Å². The molecule has 0 radical (unpaired) electrons. The van der Waals surface area contributed by atoms with Crippen LogP contribution < -0.4 is 0 Å². The van der Waals surface area contributed by atoms with Crippen molar-refractivity contribution in [3.63, 3.8) is 0 Å². The Balaban J connectivity index is 3.87. The Morgan fingerprint density at radius 2 is 1.94 bits per heavy atom. The topological polar surface area (TPSA) is 29.5 Å². The third-order valence-electron chi connectivity index (χ3n) is 3.69. The van der Waals surface area contributed by atoms with E-state index in [2.05, 4.69) is 63.4 Å². The molecule has 0 aromatic carbocycles. The van der Waals surface area contributed by atoms with Crippen LogP contribution in [0.5, 0.6) is 0 Å². The van der Waals surface area contributed by atoms with Gasteiger partial charge in [-0.2, -0.15) is 0 Å². The quantitative estimate of drug-likeness (QED) is 0.385. The van der Waals surface area contributed by atoms with Crippen LogP contribution >= 0.6 is 22.6 Å². The van der Waals surface area contributed by atoms with Crippen molar-refractivity contribution in [1.29, 1.82) is 0 Å². The van der Waals surface area contributed by atoms with Gasteiger partial charge in [-0.15, -0.1) is 0 Å². The molecule has 1 N–H and O–H groups in total. The molecule has 0 amide bonds. The van der Waals surface area contributed by atoms with Crippen LogP contribution in [0.25, 0.3) is 0 Å². The highest BCUT2D eigenvalue weighted by Gasteiger charge is 2.36. The maximum absolute atomic E-state index is 9.85. The molecule has 18 heavy (non-hydrogen) atoms. The Hall–Kier alpha value is 0.607. The van der Waals surface area contributed by atoms with Gasteiger partial charge in [-0.05, 0) is 48.4 Å². The number of hydrogen-bond acceptors (Lipinski definition) is 2. The van der Waals surface area contributed by atoms with Crippen molar-refractivity contribution < 1.29 is 9.53 Å². The summed E-state index contributed by atoms with van der Waals surface area (Å²) >= 11 is 2.22. The molecule has 0 saturated carbocycles. The molecule has 0 heterocycles. The van der Waals surface area contributed by atoms with Gasteiger partial charge >= 0.3 is 0 Å². The second-order valence-electron chi connectivity index (χ2n) is 6.56. The highest BCUT2D eigenvalue weighted by atomic mass is 127. The van der Waals surface area contributed by atoms with E-state index < -0.39 is 8.32 Å². The molecule has 0 fully saturated rings. The lowest BCUT2D eigenvalue weighted by Gasteiger charge is -2.36. The van der Waals surface area contributed by atoms with Gasteiger partial charge < -0.3 is 9.53 Å². The fourth-order valence-electron chi connectivity index (χ4n) is 1.38. The van der Waals surface area contributed by atoms with E-state index in [0.717, 1.165) is 25.9 Å². The van der Waals surface area contributed by atoms with Crippen molar-refractivity contribution >= 4 is 30.9 Å². The van der Waals surface area contributed by atoms with Gasteiger partial charge in [0, 0.05) is 6.61 Å². The summed E-state index contributed by atoms with van der Waals surface area (Å²) in [7, 11) is -1.61. The summed E-state index contributed by atoms with van der Waals surface area (Å²) in [5.74, 6) is 0. The van der Waals surface area contributed by atoms with Crippen molar-refractivity contribution in [1.82, 2.24) is 0 Å². The number of halogens is 1. The zero-order valence-electron chi connectivity index (χ0n) is 12.7. The molecule has 0 spiro atoms. The van der Waals surface area contributed by atoms with E-state index in [1.165, 1.54) is 5.57 Å². The third-order valence-corrected chi connectivity index (χ3v) is 9.30. The average molecular weight is 384 g/mol. The number of aliphatic hydroxyl groups excluding tert-OH is 1. The summed E-state index contributed by atoms with van der Waals surface area (Å²) in [6.07, 6.45) is 2.33. The van der Waals surface area contributed by atoms with Crippen molar-refractivity contribution in [2.45, 2.75) is 71.2 Å². The first-order chi connectivity index (χ1) is 8.10. The highest BCUT2D eigenvalue weighted by Crippen LogP contribution is 2.36. The number of aliphatic hydroxyl groups is 1. The molecular weight excluding hydrogens is 355 g/mol. The average Bonchev–Trinajstić information content (AvgIpc) is 2.22. The molecule has 4 heteroatoms. The van der Waals surface area contributed by atoms with Crippen molar-refractivity contribution in [2.24, 2.45) is 0 Å². The fraction of sp³-hybridized carbons (Fsp3) is 0.857. The number of rotatable bonds is 7. The molecule has 0 aliphatic carbocycles.